The lowest BCUT2D eigenvalue weighted by Crippen LogP contribution is -2.34. The number of allylic oxidation sites excluding steroid dienone is 1. The third-order valence-corrected chi connectivity index (χ3v) is 2.82. The molecule has 0 fully saturated rings. The first kappa shape index (κ1) is 13.7. The molecule has 0 rings (SSSR count). The molecule has 1 nitrogen and oxygen atoms in total. The van der Waals surface area contributed by atoms with E-state index in [-0.39, 0.29) is 0 Å². The van der Waals surface area contributed by atoms with Crippen molar-refractivity contribution >= 4 is 0 Å². The minimum atomic E-state index is 0.708. The fourth-order valence-electron chi connectivity index (χ4n) is 1.99. The van der Waals surface area contributed by atoms with E-state index in [1.165, 1.54) is 25.7 Å². The predicted molar refractivity (Wildman–Crippen MR) is 65.6 cm³/mol. The van der Waals surface area contributed by atoms with Crippen molar-refractivity contribution in [2.24, 2.45) is 5.92 Å². The molecule has 0 aliphatic carbocycles. The van der Waals surface area contributed by atoms with E-state index < -0.39 is 0 Å². The number of unbranched alkanes of at least 4 members (excludes halogenated alkanes) is 1. The average Bonchev–Trinajstić information content (AvgIpc) is 2.17. The first-order valence-corrected chi connectivity index (χ1v) is 6.10. The Kier molecular flexibility index (Phi) is 9.06. The SMILES string of the molecule is C=CCCCC(NCC)C(C)CCC. The van der Waals surface area contributed by atoms with Crippen molar-refractivity contribution in [1.29, 1.82) is 0 Å². The van der Waals surface area contributed by atoms with E-state index in [1.54, 1.807) is 0 Å². The summed E-state index contributed by atoms with van der Waals surface area (Å²) >= 11 is 0. The van der Waals surface area contributed by atoms with Crippen LogP contribution in [0.3, 0.4) is 0 Å². The Morgan fingerprint density at radius 2 is 2.00 bits per heavy atom. The van der Waals surface area contributed by atoms with Crippen LogP contribution < -0.4 is 5.32 Å². The zero-order chi connectivity index (χ0) is 10.8. The van der Waals surface area contributed by atoms with Gasteiger partial charge >= 0.3 is 0 Å². The normalized spacial score (nSPS) is 15.1. The van der Waals surface area contributed by atoms with E-state index in [0.29, 0.717) is 6.04 Å². The minimum Gasteiger partial charge on any atom is -0.314 e. The second kappa shape index (κ2) is 9.26. The molecule has 1 heteroatoms. The molecule has 0 bridgehead atoms. The van der Waals surface area contributed by atoms with Crippen molar-refractivity contribution in [1.82, 2.24) is 5.32 Å². The molecule has 0 amide bonds. The van der Waals surface area contributed by atoms with E-state index in [0.717, 1.165) is 18.9 Å². The Morgan fingerprint density at radius 3 is 2.50 bits per heavy atom. The molecule has 0 heterocycles. The van der Waals surface area contributed by atoms with Gasteiger partial charge in [0.2, 0.25) is 0 Å². The minimum absolute atomic E-state index is 0.708. The standard InChI is InChI=1S/C13H27N/c1-5-8-9-11-13(14-7-3)12(4)10-6-2/h5,12-14H,1,6-11H2,2-4H3. The molecule has 0 aromatic carbocycles. The lowest BCUT2D eigenvalue weighted by Gasteiger charge is -2.24. The van der Waals surface area contributed by atoms with Gasteiger partial charge in [0.1, 0.15) is 0 Å². The van der Waals surface area contributed by atoms with Crippen LogP contribution in [0.25, 0.3) is 0 Å². The van der Waals surface area contributed by atoms with E-state index in [1.807, 2.05) is 6.08 Å². The Bertz CT molecular complexity index is 131. The van der Waals surface area contributed by atoms with Gasteiger partial charge in [0.25, 0.3) is 0 Å². The van der Waals surface area contributed by atoms with Gasteiger partial charge in [-0.05, 0) is 38.1 Å². The molecule has 0 radical (unpaired) electrons. The maximum absolute atomic E-state index is 3.76. The van der Waals surface area contributed by atoms with Gasteiger partial charge in [-0.25, -0.2) is 0 Å². The Morgan fingerprint density at radius 1 is 1.29 bits per heavy atom. The van der Waals surface area contributed by atoms with Gasteiger partial charge < -0.3 is 5.32 Å². The van der Waals surface area contributed by atoms with Gasteiger partial charge in [-0.1, -0.05) is 33.3 Å². The van der Waals surface area contributed by atoms with Crippen LogP contribution in [0.5, 0.6) is 0 Å². The summed E-state index contributed by atoms with van der Waals surface area (Å²) in [5.74, 6) is 0.810. The van der Waals surface area contributed by atoms with Crippen molar-refractivity contribution in [2.75, 3.05) is 6.54 Å². The highest BCUT2D eigenvalue weighted by atomic mass is 14.9. The smallest absolute Gasteiger partial charge is 0.00926 e. The number of hydrogen-bond acceptors (Lipinski definition) is 1. The van der Waals surface area contributed by atoms with Crippen LogP contribution in [-0.2, 0) is 0 Å². The zero-order valence-corrected chi connectivity index (χ0v) is 10.2. The van der Waals surface area contributed by atoms with Crippen LogP contribution in [0.15, 0.2) is 12.7 Å². The van der Waals surface area contributed by atoms with E-state index in [4.69, 9.17) is 0 Å². The Hall–Kier alpha value is -0.300. The largest absolute Gasteiger partial charge is 0.314 e. The fourth-order valence-corrected chi connectivity index (χ4v) is 1.99. The van der Waals surface area contributed by atoms with Crippen molar-refractivity contribution in [3.8, 4) is 0 Å². The second-order valence-corrected chi connectivity index (χ2v) is 4.15. The van der Waals surface area contributed by atoms with Crippen molar-refractivity contribution in [3.05, 3.63) is 12.7 Å². The highest BCUT2D eigenvalue weighted by molar-refractivity contribution is 4.75. The third-order valence-electron chi connectivity index (χ3n) is 2.82. The van der Waals surface area contributed by atoms with E-state index in [2.05, 4.69) is 32.7 Å². The quantitative estimate of drug-likeness (QED) is 0.438. The van der Waals surface area contributed by atoms with Crippen molar-refractivity contribution in [2.45, 2.75) is 58.9 Å². The molecule has 1 N–H and O–H groups in total. The van der Waals surface area contributed by atoms with Crippen LogP contribution in [-0.4, -0.2) is 12.6 Å². The molecule has 0 saturated heterocycles. The van der Waals surface area contributed by atoms with Gasteiger partial charge in [0, 0.05) is 6.04 Å². The fraction of sp³-hybridized carbons (Fsp3) is 0.846. The monoisotopic (exact) mass is 197 g/mol. The highest BCUT2D eigenvalue weighted by Gasteiger charge is 2.14. The molecule has 84 valence electrons. The Balaban J connectivity index is 3.79. The number of rotatable bonds is 9. The van der Waals surface area contributed by atoms with Gasteiger partial charge in [0.05, 0.1) is 0 Å². The number of hydrogen-bond donors (Lipinski definition) is 1. The van der Waals surface area contributed by atoms with Gasteiger partial charge in [0.15, 0.2) is 0 Å². The van der Waals surface area contributed by atoms with Gasteiger partial charge in [-0.3, -0.25) is 0 Å². The third kappa shape index (κ3) is 6.20. The van der Waals surface area contributed by atoms with E-state index in [9.17, 15) is 0 Å². The molecule has 0 saturated carbocycles. The lowest BCUT2D eigenvalue weighted by atomic mass is 9.92. The Labute approximate surface area is 90.0 Å². The van der Waals surface area contributed by atoms with Crippen LogP contribution in [0.2, 0.25) is 0 Å². The summed E-state index contributed by atoms with van der Waals surface area (Å²) in [5, 5.41) is 3.59. The molecule has 0 aliphatic rings. The molecule has 14 heavy (non-hydrogen) atoms. The summed E-state index contributed by atoms with van der Waals surface area (Å²) in [6.45, 7) is 11.7. The highest BCUT2D eigenvalue weighted by Crippen LogP contribution is 2.15. The first-order valence-electron chi connectivity index (χ1n) is 6.10. The molecule has 0 aliphatic heterocycles. The summed E-state index contributed by atoms with van der Waals surface area (Å²) in [7, 11) is 0. The number of nitrogens with one attached hydrogen (secondary N) is 1. The van der Waals surface area contributed by atoms with Crippen LogP contribution >= 0.6 is 0 Å². The summed E-state index contributed by atoms with van der Waals surface area (Å²) in [6.07, 6.45) is 8.38. The summed E-state index contributed by atoms with van der Waals surface area (Å²) < 4.78 is 0. The second-order valence-electron chi connectivity index (χ2n) is 4.15. The first-order chi connectivity index (χ1) is 6.76. The zero-order valence-electron chi connectivity index (χ0n) is 10.2. The molecule has 0 spiro atoms. The van der Waals surface area contributed by atoms with Gasteiger partial charge in [-0.15, -0.1) is 6.58 Å². The molecule has 0 aromatic heterocycles. The summed E-state index contributed by atoms with van der Waals surface area (Å²) in [6, 6.07) is 0.708. The van der Waals surface area contributed by atoms with Crippen LogP contribution in [0.4, 0.5) is 0 Å². The molecular formula is C13H27N. The van der Waals surface area contributed by atoms with Crippen LogP contribution in [0.1, 0.15) is 52.9 Å². The average molecular weight is 197 g/mol. The lowest BCUT2D eigenvalue weighted by molar-refractivity contribution is 0.337. The predicted octanol–water partition coefficient (Wildman–Crippen LogP) is 3.76. The molecule has 2 atom stereocenters. The maximum atomic E-state index is 3.76. The van der Waals surface area contributed by atoms with Crippen molar-refractivity contribution in [3.63, 3.8) is 0 Å². The maximum Gasteiger partial charge on any atom is 0.00926 e. The van der Waals surface area contributed by atoms with E-state index >= 15 is 0 Å². The summed E-state index contributed by atoms with van der Waals surface area (Å²) in [4.78, 5) is 0. The molecule has 0 aromatic rings. The van der Waals surface area contributed by atoms with Crippen molar-refractivity contribution < 1.29 is 0 Å². The van der Waals surface area contributed by atoms with Gasteiger partial charge in [-0.2, -0.15) is 0 Å². The molecule has 2 unspecified atom stereocenters. The summed E-state index contributed by atoms with van der Waals surface area (Å²) in [5.41, 5.74) is 0. The van der Waals surface area contributed by atoms with Crippen LogP contribution in [0, 0.1) is 5.92 Å². The topological polar surface area (TPSA) is 12.0 Å². The molecular weight excluding hydrogens is 170 g/mol.